The molecule has 0 atom stereocenters. The van der Waals surface area contributed by atoms with E-state index in [1.54, 1.807) is 112 Å². The third-order valence-corrected chi connectivity index (χ3v) is 33.1. The molecule has 3 fully saturated rings. The van der Waals surface area contributed by atoms with Crippen LogP contribution in [0.25, 0.3) is 111 Å². The maximum atomic E-state index is 12.5. The second kappa shape index (κ2) is 43.0. The van der Waals surface area contributed by atoms with Gasteiger partial charge in [0.25, 0.3) is 0 Å². The molecule has 3 aliphatic carbocycles. The van der Waals surface area contributed by atoms with Gasteiger partial charge >= 0.3 is 6.61 Å². The number of sulfonamides is 5. The average molecular weight is 2050 g/mol. The van der Waals surface area contributed by atoms with Crippen molar-refractivity contribution in [2.45, 2.75) is 97.4 Å². The molecule has 0 spiro atoms. The number of halogens is 2. The molecule has 3 saturated carbocycles. The Kier molecular flexibility index (Phi) is 31.3. The molecular weight excluding hydrogens is 1930 g/mol. The van der Waals surface area contributed by atoms with Crippen LogP contribution in [0, 0.1) is 62.6 Å². The quantitative estimate of drug-likeness (QED) is 0.0439. The van der Waals surface area contributed by atoms with Crippen molar-refractivity contribution in [3.63, 3.8) is 0 Å². The van der Waals surface area contributed by atoms with Gasteiger partial charge in [-0.1, -0.05) is 60.7 Å². The summed E-state index contributed by atoms with van der Waals surface area (Å²) in [6.45, 7) is 4.53. The van der Waals surface area contributed by atoms with Crippen LogP contribution in [-0.4, -0.2) is 165 Å². The topological polar surface area (TPSA) is 377 Å². The van der Waals surface area contributed by atoms with E-state index in [1.165, 1.54) is 113 Å². The second-order valence-electron chi connectivity index (χ2n) is 35.3. The van der Waals surface area contributed by atoms with Crippen LogP contribution >= 0.6 is 0 Å². The van der Waals surface area contributed by atoms with Gasteiger partial charge in [0.2, 0.25) is 50.1 Å². The van der Waals surface area contributed by atoms with Gasteiger partial charge in [-0.25, -0.2) is 42.1 Å². The first-order valence-corrected chi connectivity index (χ1v) is 55.3. The van der Waals surface area contributed by atoms with Crippen molar-refractivity contribution in [3.05, 3.63) is 240 Å². The number of ether oxygens (including phenoxy) is 5. The molecule has 0 amide bonds. The summed E-state index contributed by atoms with van der Waals surface area (Å²) in [5.41, 5.74) is 18.5. The lowest BCUT2D eigenvalue weighted by atomic mass is 9.92. The molecule has 30 nitrogen and oxygen atoms in total. The molecule has 15 aromatic rings. The highest BCUT2D eigenvalue weighted by Crippen LogP contribution is 2.48. The zero-order valence-electron chi connectivity index (χ0n) is 82.6. The molecule has 0 N–H and O–H groups in total. The molecule has 0 unspecified atom stereocenters. The highest BCUT2D eigenvalue weighted by atomic mass is 32.2. The van der Waals surface area contributed by atoms with E-state index in [1.807, 2.05) is 147 Å². The first-order chi connectivity index (χ1) is 68.5. The number of aromatic nitrogens is 5. The van der Waals surface area contributed by atoms with Crippen molar-refractivity contribution in [2.24, 2.45) is 20.0 Å². The van der Waals surface area contributed by atoms with Crippen LogP contribution in [0.3, 0.4) is 0 Å². The molecule has 10 aromatic carbocycles. The Bertz CT molecular complexity index is 8250. The van der Waals surface area contributed by atoms with E-state index in [-0.39, 0.29) is 11.5 Å². The monoisotopic (exact) mass is 2040 g/mol. The van der Waals surface area contributed by atoms with Gasteiger partial charge in [0.15, 0.2) is 0 Å². The summed E-state index contributed by atoms with van der Waals surface area (Å²) in [7, 11) is -2.20. The molecule has 5 aromatic heterocycles. The molecule has 0 bridgehead atoms. The van der Waals surface area contributed by atoms with Gasteiger partial charge < -0.3 is 46.5 Å². The minimum absolute atomic E-state index is 0.00545. The van der Waals surface area contributed by atoms with Gasteiger partial charge in [0.1, 0.15) is 59.1 Å². The maximum Gasteiger partial charge on any atom is 0.387 e. The number of nitriles is 5. The van der Waals surface area contributed by atoms with Crippen LogP contribution in [0.2, 0.25) is 0 Å². The number of alkyl halides is 2. The number of rotatable bonds is 28. The number of nitrogens with zero attached hydrogens (tertiary/aromatic N) is 15. The summed E-state index contributed by atoms with van der Waals surface area (Å²) in [6, 6.07) is 75.9. The Morgan fingerprint density at radius 3 is 0.903 bits per heavy atom. The summed E-state index contributed by atoms with van der Waals surface area (Å²) in [5, 5.41) is 53.5. The standard InChI is InChI=1S/C23H25N3O3S.2C22H23N3O3S.C20H19F2N3O3S.C20H21N3O3S/c1-4-29-19-12-13-20-21(15-24)23(26(22(20)14-19)18-6-5-7-18)16-8-10-17(11-9-16)25(2)30(3,27)28;1-24(29(3,26)27)17-8-6-16(7-9-17)22-20(13-23)19-11-10-18(28-2)12-21(19)25(22)14-15-4-5-15;1-24(29(3,26)27)16-9-7-15(8-10-16)22-20(14-23)19-12-11-18(28-2)13-21(19)25(22)17-5-4-6-17;1-4-29(26,27)25(3)14-7-5-13(6-8-14)19-17(12-23)16-10-9-15(28-20(21)22)11-18(16)24(19)2;1-5-26-16-10-11-17-18(13-21)20(22(2)19(17)12-16)14-6-8-15(9-7-14)23(3)27(4,24)25/h8-14,18H,4-7H2,1-3H3;6-12,15H,4-5,14H2,1-3H3;7-13,17H,4-6H2,1-3H3;5-11,20H,4H2,1-3H3;6-12H,5H2,1-4H3. The van der Waals surface area contributed by atoms with E-state index in [0.717, 1.165) is 150 Å². The second-order valence-corrected chi connectivity index (χ2v) is 45.7. The zero-order valence-corrected chi connectivity index (χ0v) is 86.7. The Morgan fingerprint density at radius 1 is 0.347 bits per heavy atom. The van der Waals surface area contributed by atoms with E-state index in [0.29, 0.717) is 110 Å². The highest BCUT2D eigenvalue weighted by Gasteiger charge is 2.34. The minimum atomic E-state index is -3.38. The molecule has 0 saturated heterocycles. The van der Waals surface area contributed by atoms with Gasteiger partial charge in [-0.2, -0.15) is 35.1 Å². The summed E-state index contributed by atoms with van der Waals surface area (Å²) < 4.78 is 187. The van der Waals surface area contributed by atoms with Crippen molar-refractivity contribution in [1.29, 1.82) is 26.3 Å². The molecule has 3 aliphatic rings. The van der Waals surface area contributed by atoms with Crippen LogP contribution in [0.1, 0.15) is 112 Å². The van der Waals surface area contributed by atoms with E-state index in [4.69, 9.17) is 18.9 Å². The van der Waals surface area contributed by atoms with Gasteiger partial charge in [-0.15, -0.1) is 0 Å². The van der Waals surface area contributed by atoms with Gasteiger partial charge in [0.05, 0.1) is 171 Å². The largest absolute Gasteiger partial charge is 0.497 e. The zero-order chi connectivity index (χ0) is 104. The fourth-order valence-corrected chi connectivity index (χ4v) is 20.7. The molecular formula is C107H111F2N15O15S5. The Labute approximate surface area is 838 Å². The number of anilines is 5. The molecule has 144 heavy (non-hydrogen) atoms. The van der Waals surface area contributed by atoms with Crippen LogP contribution in [0.4, 0.5) is 37.2 Å². The lowest BCUT2D eigenvalue weighted by molar-refractivity contribution is -0.0497. The predicted molar refractivity (Wildman–Crippen MR) is 564 cm³/mol. The smallest absolute Gasteiger partial charge is 0.387 e. The number of fused-ring (bicyclic) bond motifs is 5. The van der Waals surface area contributed by atoms with Crippen LogP contribution in [0.15, 0.2) is 212 Å². The van der Waals surface area contributed by atoms with Crippen molar-refractivity contribution in [2.75, 3.05) is 115 Å². The Hall–Kier alpha value is -15.0. The summed E-state index contributed by atoms with van der Waals surface area (Å²) in [5.74, 6) is 3.68. The number of methoxy groups -OCH3 is 2. The SMILES string of the molecule is CCOc1ccc2c(C#N)c(-c3ccc(N(C)S(C)(=O)=O)cc3)n(C)c2c1.CCOc1ccc2c(C#N)c(-c3ccc(N(C)S(C)(=O)=O)cc3)n(C3CCC3)c2c1.CCS(=O)(=O)N(C)c1ccc(-c2c(C#N)c3ccc(OC(F)F)cc3n2C)cc1.COc1ccc2c(C#N)c(-c3ccc(N(C)S(C)(=O)=O)cc3)n(C3CCC3)c2c1.COc1ccc2c(C#N)c(-c3ccc(N(C)S(C)(=O)=O)cc3)n(CC3CC3)c2c1. The normalized spacial score (nSPS) is 13.2. The molecule has 0 radical (unpaired) electrons. The van der Waals surface area contributed by atoms with Crippen molar-refractivity contribution >= 4 is 133 Å². The lowest BCUT2D eigenvalue weighted by Crippen LogP contribution is -2.27. The van der Waals surface area contributed by atoms with E-state index in [9.17, 15) is 77.2 Å². The van der Waals surface area contributed by atoms with Crippen molar-refractivity contribution < 1.29 is 74.6 Å². The number of hydrogen-bond acceptors (Lipinski definition) is 20. The minimum Gasteiger partial charge on any atom is -0.497 e. The molecule has 37 heteroatoms. The highest BCUT2D eigenvalue weighted by molar-refractivity contribution is 7.93. The molecule has 748 valence electrons. The van der Waals surface area contributed by atoms with E-state index >= 15 is 0 Å². The predicted octanol–water partition coefficient (Wildman–Crippen LogP) is 20.6. The lowest BCUT2D eigenvalue weighted by Gasteiger charge is -2.30. The Balaban J connectivity index is 0.000000143. The first-order valence-electron chi connectivity index (χ1n) is 46.3. The molecule has 18 rings (SSSR count). The summed E-state index contributed by atoms with van der Waals surface area (Å²) in [6.07, 6.45) is 13.8. The Morgan fingerprint density at radius 2 is 0.611 bits per heavy atom. The van der Waals surface area contributed by atoms with Crippen LogP contribution in [-0.2, 0) is 70.8 Å². The van der Waals surface area contributed by atoms with E-state index < -0.39 is 56.7 Å². The van der Waals surface area contributed by atoms with Gasteiger partial charge in [-0.05, 0) is 227 Å². The molecule has 5 heterocycles. The summed E-state index contributed by atoms with van der Waals surface area (Å²) in [4.78, 5) is 0. The third-order valence-electron chi connectivity index (χ3n) is 26.5. The van der Waals surface area contributed by atoms with Crippen LogP contribution in [0.5, 0.6) is 28.7 Å². The third kappa shape index (κ3) is 21.8. The fourth-order valence-electron chi connectivity index (χ4n) is 17.9. The first kappa shape index (κ1) is 105. The summed E-state index contributed by atoms with van der Waals surface area (Å²) >= 11 is 0. The maximum absolute atomic E-state index is 12.5. The number of benzene rings is 10. The average Bonchev–Trinajstić information content (AvgIpc) is 1.53. The van der Waals surface area contributed by atoms with Crippen molar-refractivity contribution in [1.82, 2.24) is 22.8 Å². The van der Waals surface area contributed by atoms with Gasteiger partial charge in [-0.3, -0.25) is 21.5 Å². The molecule has 0 aliphatic heterocycles. The number of hydrogen-bond donors (Lipinski definition) is 0. The number of aryl methyl sites for hydroxylation is 2. The van der Waals surface area contributed by atoms with Crippen molar-refractivity contribution in [3.8, 4) is 115 Å². The fraction of sp³-hybridized carbons (Fsp3) is 0.299. The van der Waals surface area contributed by atoms with Gasteiger partial charge in [0, 0.05) is 125 Å². The van der Waals surface area contributed by atoms with Crippen LogP contribution < -0.4 is 45.2 Å². The van der Waals surface area contributed by atoms with E-state index in [2.05, 4.69) is 48.8 Å².